The lowest BCUT2D eigenvalue weighted by Gasteiger charge is -2.31. The monoisotopic (exact) mass is 320 g/mol. The quantitative estimate of drug-likeness (QED) is 0.750. The molecule has 1 fully saturated rings. The number of hydrogen-bond acceptors (Lipinski definition) is 4. The predicted molar refractivity (Wildman–Crippen MR) is 87.3 cm³/mol. The molecule has 6 nitrogen and oxygen atoms in total. The normalized spacial score (nSPS) is 20.9. The zero-order valence-corrected chi connectivity index (χ0v) is 14.8. The molecular weight excluding hydrogens is 288 g/mol. The molecule has 1 rings (SSSR count). The van der Waals surface area contributed by atoms with Gasteiger partial charge in [0, 0.05) is 38.8 Å². The van der Waals surface area contributed by atoms with Crippen LogP contribution in [0.2, 0.25) is 0 Å². The molecular formula is C14H32N4O2S. The summed E-state index contributed by atoms with van der Waals surface area (Å²) in [4.78, 5) is 2.40. The van der Waals surface area contributed by atoms with Gasteiger partial charge in [-0.05, 0) is 46.2 Å². The van der Waals surface area contributed by atoms with Crippen molar-refractivity contribution in [2.24, 2.45) is 5.73 Å². The van der Waals surface area contributed by atoms with Gasteiger partial charge in [0.05, 0.1) is 0 Å². The van der Waals surface area contributed by atoms with Crippen molar-refractivity contribution in [1.29, 1.82) is 0 Å². The van der Waals surface area contributed by atoms with Crippen LogP contribution in [0.25, 0.3) is 0 Å². The Hall–Kier alpha value is -0.210. The van der Waals surface area contributed by atoms with Crippen molar-refractivity contribution in [1.82, 2.24) is 13.5 Å². The zero-order valence-electron chi connectivity index (χ0n) is 14.0. The average molecular weight is 321 g/mol. The minimum Gasteiger partial charge on any atom is -0.330 e. The number of rotatable bonds is 7. The van der Waals surface area contributed by atoms with Crippen LogP contribution in [0.15, 0.2) is 0 Å². The summed E-state index contributed by atoms with van der Waals surface area (Å²) in [6.45, 7) is 9.58. The Kier molecular flexibility index (Phi) is 7.56. The topological polar surface area (TPSA) is 69.9 Å². The van der Waals surface area contributed by atoms with E-state index < -0.39 is 10.2 Å². The standard InChI is InChI=1S/C14H32N4O2S/c1-5-14(7-8-15)17-9-6-10-18(12-11-17)21(19,20)16(4)13(2)3/h13-14H,5-12,15H2,1-4H3. The van der Waals surface area contributed by atoms with Crippen molar-refractivity contribution >= 4 is 10.2 Å². The highest BCUT2D eigenvalue weighted by molar-refractivity contribution is 7.86. The molecule has 1 heterocycles. The lowest BCUT2D eigenvalue weighted by atomic mass is 10.1. The molecule has 0 spiro atoms. The third-order valence-electron chi connectivity index (χ3n) is 4.39. The van der Waals surface area contributed by atoms with E-state index in [1.807, 2.05) is 13.8 Å². The SMILES string of the molecule is CCC(CCN)N1CCCN(S(=O)(=O)N(C)C(C)C)CC1. The fourth-order valence-corrected chi connectivity index (χ4v) is 4.36. The lowest BCUT2D eigenvalue weighted by Crippen LogP contribution is -2.46. The first kappa shape index (κ1) is 18.8. The highest BCUT2D eigenvalue weighted by atomic mass is 32.2. The van der Waals surface area contributed by atoms with Crippen LogP contribution < -0.4 is 5.73 Å². The Bertz CT molecular complexity index is 400. The fraction of sp³-hybridized carbons (Fsp3) is 1.00. The molecule has 0 saturated carbocycles. The Balaban J connectivity index is 2.72. The first-order valence-corrected chi connectivity index (χ1v) is 9.41. The van der Waals surface area contributed by atoms with Gasteiger partial charge in [-0.25, -0.2) is 0 Å². The molecule has 0 radical (unpaired) electrons. The van der Waals surface area contributed by atoms with Crippen LogP contribution in [-0.4, -0.2) is 73.8 Å². The van der Waals surface area contributed by atoms with Crippen molar-refractivity contribution < 1.29 is 8.42 Å². The summed E-state index contributed by atoms with van der Waals surface area (Å²) >= 11 is 0. The second-order valence-corrected chi connectivity index (χ2v) is 8.03. The van der Waals surface area contributed by atoms with Gasteiger partial charge in [0.2, 0.25) is 0 Å². The third kappa shape index (κ3) is 4.89. The summed E-state index contributed by atoms with van der Waals surface area (Å²) in [5, 5.41) is 0. The molecule has 0 bridgehead atoms. The van der Waals surface area contributed by atoms with Gasteiger partial charge in [-0.3, -0.25) is 4.90 Å². The van der Waals surface area contributed by atoms with E-state index in [0.717, 1.165) is 32.4 Å². The van der Waals surface area contributed by atoms with Crippen LogP contribution in [0.4, 0.5) is 0 Å². The van der Waals surface area contributed by atoms with Gasteiger partial charge in [-0.1, -0.05) is 6.92 Å². The van der Waals surface area contributed by atoms with Gasteiger partial charge in [-0.2, -0.15) is 17.0 Å². The minimum absolute atomic E-state index is 0.0185. The third-order valence-corrected chi connectivity index (χ3v) is 6.56. The van der Waals surface area contributed by atoms with Crippen molar-refractivity contribution in [3.63, 3.8) is 0 Å². The maximum Gasteiger partial charge on any atom is 0.282 e. The summed E-state index contributed by atoms with van der Waals surface area (Å²) in [6, 6.07) is 0.454. The van der Waals surface area contributed by atoms with E-state index in [0.29, 0.717) is 25.7 Å². The van der Waals surface area contributed by atoms with E-state index in [9.17, 15) is 8.42 Å². The summed E-state index contributed by atoms with van der Waals surface area (Å²) in [5.41, 5.74) is 5.68. The van der Waals surface area contributed by atoms with Gasteiger partial charge in [0.1, 0.15) is 0 Å². The number of nitrogens with zero attached hydrogens (tertiary/aromatic N) is 3. The van der Waals surface area contributed by atoms with Crippen LogP contribution in [0.3, 0.4) is 0 Å². The highest BCUT2D eigenvalue weighted by Crippen LogP contribution is 2.16. The molecule has 0 aliphatic carbocycles. The Morgan fingerprint density at radius 1 is 1.19 bits per heavy atom. The maximum absolute atomic E-state index is 12.6. The Morgan fingerprint density at radius 3 is 2.38 bits per heavy atom. The molecule has 0 aromatic heterocycles. The van der Waals surface area contributed by atoms with Gasteiger partial charge in [0.15, 0.2) is 0 Å². The van der Waals surface area contributed by atoms with E-state index in [1.165, 1.54) is 4.31 Å². The summed E-state index contributed by atoms with van der Waals surface area (Å²) in [5.74, 6) is 0. The predicted octanol–water partition coefficient (Wildman–Crippen LogP) is 0.707. The molecule has 0 aromatic carbocycles. The lowest BCUT2D eigenvalue weighted by molar-refractivity contribution is 0.192. The fourth-order valence-electron chi connectivity index (χ4n) is 2.80. The van der Waals surface area contributed by atoms with Crippen molar-refractivity contribution in [3.05, 3.63) is 0 Å². The summed E-state index contributed by atoms with van der Waals surface area (Å²) in [7, 11) is -1.68. The van der Waals surface area contributed by atoms with Crippen LogP contribution >= 0.6 is 0 Å². The van der Waals surface area contributed by atoms with E-state index in [4.69, 9.17) is 5.73 Å². The van der Waals surface area contributed by atoms with E-state index in [-0.39, 0.29) is 6.04 Å². The van der Waals surface area contributed by atoms with Crippen LogP contribution in [-0.2, 0) is 10.2 Å². The first-order valence-electron chi connectivity index (χ1n) is 8.01. The highest BCUT2D eigenvalue weighted by Gasteiger charge is 2.31. The number of hydrogen-bond donors (Lipinski definition) is 1. The molecule has 7 heteroatoms. The Morgan fingerprint density at radius 2 is 1.86 bits per heavy atom. The molecule has 1 aliphatic rings. The van der Waals surface area contributed by atoms with Gasteiger partial charge in [0.25, 0.3) is 10.2 Å². The van der Waals surface area contributed by atoms with E-state index in [1.54, 1.807) is 11.4 Å². The smallest absolute Gasteiger partial charge is 0.282 e. The maximum atomic E-state index is 12.6. The van der Waals surface area contributed by atoms with Crippen molar-refractivity contribution in [2.45, 2.75) is 52.1 Å². The molecule has 126 valence electrons. The van der Waals surface area contributed by atoms with Crippen LogP contribution in [0, 0.1) is 0 Å². The largest absolute Gasteiger partial charge is 0.330 e. The van der Waals surface area contributed by atoms with E-state index in [2.05, 4.69) is 11.8 Å². The second kappa shape index (κ2) is 8.43. The molecule has 1 atom stereocenters. The summed E-state index contributed by atoms with van der Waals surface area (Å²) < 4.78 is 28.2. The van der Waals surface area contributed by atoms with Crippen LogP contribution in [0.1, 0.15) is 40.0 Å². The van der Waals surface area contributed by atoms with Crippen molar-refractivity contribution in [2.75, 3.05) is 39.8 Å². The average Bonchev–Trinajstić information content (AvgIpc) is 2.70. The van der Waals surface area contributed by atoms with Crippen LogP contribution in [0.5, 0.6) is 0 Å². The van der Waals surface area contributed by atoms with Gasteiger partial charge in [-0.15, -0.1) is 0 Å². The minimum atomic E-state index is -3.34. The molecule has 2 N–H and O–H groups in total. The van der Waals surface area contributed by atoms with Gasteiger partial charge >= 0.3 is 0 Å². The molecule has 1 unspecified atom stereocenters. The van der Waals surface area contributed by atoms with Crippen molar-refractivity contribution in [3.8, 4) is 0 Å². The van der Waals surface area contributed by atoms with Gasteiger partial charge < -0.3 is 5.73 Å². The zero-order chi connectivity index (χ0) is 16.0. The molecule has 0 aromatic rings. The molecule has 0 amide bonds. The van der Waals surface area contributed by atoms with E-state index >= 15 is 0 Å². The molecule has 1 saturated heterocycles. The Labute approximate surface area is 130 Å². The first-order chi connectivity index (χ1) is 9.84. The second-order valence-electron chi connectivity index (χ2n) is 6.05. The summed E-state index contributed by atoms with van der Waals surface area (Å²) in [6.07, 6.45) is 2.93. The molecule has 1 aliphatic heterocycles. The molecule has 21 heavy (non-hydrogen) atoms. The number of nitrogens with two attached hydrogens (primary N) is 1.